The molecule has 4 saturated carbocycles. The fourth-order valence-corrected chi connectivity index (χ4v) is 10.1. The Bertz CT molecular complexity index is 812. The summed E-state index contributed by atoms with van der Waals surface area (Å²) in [6, 6.07) is 0.534. The normalized spacial score (nSPS) is 42.5. The average molecular weight is 550 g/mol. The zero-order valence-electron chi connectivity index (χ0n) is 25.5. The molecule has 5 N–H and O–H groups in total. The van der Waals surface area contributed by atoms with Crippen molar-refractivity contribution in [2.45, 2.75) is 110 Å². The van der Waals surface area contributed by atoms with E-state index in [0.717, 1.165) is 77.5 Å². The van der Waals surface area contributed by atoms with Gasteiger partial charge in [-0.1, -0.05) is 20.8 Å². The molecule has 0 aromatic rings. The van der Waals surface area contributed by atoms with Crippen molar-refractivity contribution < 1.29 is 19.7 Å². The van der Waals surface area contributed by atoms with Crippen LogP contribution in [0.2, 0.25) is 0 Å². The Morgan fingerprint density at radius 1 is 1.10 bits per heavy atom. The summed E-state index contributed by atoms with van der Waals surface area (Å²) in [6.07, 6.45) is 10.3. The molecule has 3 unspecified atom stereocenters. The maximum Gasteiger partial charge on any atom is 0.305 e. The van der Waals surface area contributed by atoms with Gasteiger partial charge in [0.1, 0.15) is 0 Å². The van der Waals surface area contributed by atoms with Crippen LogP contribution in [0.25, 0.3) is 0 Å². The van der Waals surface area contributed by atoms with Gasteiger partial charge in [0.05, 0.1) is 19.3 Å². The number of nitrogens with two attached hydrogens (primary N) is 1. The van der Waals surface area contributed by atoms with Gasteiger partial charge in [-0.3, -0.25) is 4.79 Å². The minimum Gasteiger partial charge on any atom is -0.469 e. The van der Waals surface area contributed by atoms with Crippen LogP contribution < -0.4 is 11.1 Å². The zero-order chi connectivity index (χ0) is 28.4. The number of nitrogens with zero attached hydrogens (tertiary/aromatic N) is 1. The number of ether oxygens (including phenoxy) is 1. The lowest BCUT2D eigenvalue weighted by Gasteiger charge is -2.63. The Morgan fingerprint density at radius 2 is 1.85 bits per heavy atom. The summed E-state index contributed by atoms with van der Waals surface area (Å²) in [5.41, 5.74) is 5.65. The number of methoxy groups -OCH3 is 1. The van der Waals surface area contributed by atoms with E-state index in [1.54, 1.807) is 0 Å². The fraction of sp³-hybridized carbons (Fsp3) is 0.969. The molecule has 4 rings (SSSR count). The van der Waals surface area contributed by atoms with Crippen LogP contribution in [0, 0.1) is 46.3 Å². The standard InChI is InChI=1S/C32H59N3O4/c1-21(8-11-29(38)39-5)24-9-10-25-30-26(20-28(37)32(24,25)3)31(2)13-12-23(18-22(31)19-27(30)36)34-15-7-17-35(4)16-6-14-33/h21-28,30,34,36-37H,6-20,33H2,1-5H3/t21-,22+,23+,24-,25?,26?,27-,28+,30?,31+,32-/m1/s1. The number of nitrogens with one attached hydrogen (secondary N) is 1. The molecule has 226 valence electrons. The van der Waals surface area contributed by atoms with Crippen LogP contribution in [-0.4, -0.2) is 79.7 Å². The molecule has 7 nitrogen and oxygen atoms in total. The molecule has 0 spiro atoms. The van der Waals surface area contributed by atoms with Gasteiger partial charge in [0.2, 0.25) is 0 Å². The second-order valence-corrected chi connectivity index (χ2v) is 14.4. The van der Waals surface area contributed by atoms with Gasteiger partial charge < -0.3 is 30.9 Å². The quantitative estimate of drug-likeness (QED) is 0.217. The second kappa shape index (κ2) is 13.1. The van der Waals surface area contributed by atoms with E-state index >= 15 is 0 Å². The van der Waals surface area contributed by atoms with Crippen molar-refractivity contribution in [3.05, 3.63) is 0 Å². The summed E-state index contributed by atoms with van der Waals surface area (Å²) >= 11 is 0. The van der Waals surface area contributed by atoms with E-state index in [0.29, 0.717) is 42.1 Å². The fourth-order valence-electron chi connectivity index (χ4n) is 10.1. The molecule has 0 aromatic carbocycles. The van der Waals surface area contributed by atoms with E-state index in [9.17, 15) is 15.0 Å². The number of fused-ring (bicyclic) bond motifs is 5. The predicted molar refractivity (Wildman–Crippen MR) is 156 cm³/mol. The lowest BCUT2D eigenvalue weighted by Crippen LogP contribution is -2.62. The summed E-state index contributed by atoms with van der Waals surface area (Å²) < 4.78 is 4.89. The lowest BCUT2D eigenvalue weighted by molar-refractivity contribution is -0.202. The number of aliphatic hydroxyl groups is 2. The van der Waals surface area contributed by atoms with Crippen molar-refractivity contribution in [2.24, 2.45) is 52.1 Å². The molecule has 0 heterocycles. The maximum atomic E-state index is 11.8. The first-order valence-corrected chi connectivity index (χ1v) is 16.1. The predicted octanol–water partition coefficient (Wildman–Crippen LogP) is 3.81. The van der Waals surface area contributed by atoms with Crippen LogP contribution in [0.5, 0.6) is 0 Å². The van der Waals surface area contributed by atoms with Crippen LogP contribution in [0.1, 0.15) is 91.4 Å². The summed E-state index contributed by atoms with van der Waals surface area (Å²) in [4.78, 5) is 14.2. The lowest BCUT2D eigenvalue weighted by atomic mass is 9.43. The maximum absolute atomic E-state index is 11.8. The zero-order valence-corrected chi connectivity index (χ0v) is 25.5. The minimum atomic E-state index is -0.341. The first kappa shape index (κ1) is 31.2. The molecular weight excluding hydrogens is 490 g/mol. The van der Waals surface area contributed by atoms with Crippen LogP contribution in [-0.2, 0) is 9.53 Å². The molecule has 11 atom stereocenters. The number of carbonyl (C=O) groups is 1. The molecule has 0 aliphatic heterocycles. The summed E-state index contributed by atoms with van der Waals surface area (Å²) in [6.45, 7) is 11.0. The molecule has 39 heavy (non-hydrogen) atoms. The van der Waals surface area contributed by atoms with Crippen molar-refractivity contribution >= 4 is 5.97 Å². The Hall–Kier alpha value is -0.730. The van der Waals surface area contributed by atoms with Gasteiger partial charge in [0.25, 0.3) is 0 Å². The second-order valence-electron chi connectivity index (χ2n) is 14.4. The summed E-state index contributed by atoms with van der Waals surface area (Å²) in [7, 11) is 3.64. The number of rotatable bonds is 12. The van der Waals surface area contributed by atoms with Crippen molar-refractivity contribution in [3.8, 4) is 0 Å². The Morgan fingerprint density at radius 3 is 2.56 bits per heavy atom. The van der Waals surface area contributed by atoms with Crippen molar-refractivity contribution in [3.63, 3.8) is 0 Å². The van der Waals surface area contributed by atoms with Gasteiger partial charge in [-0.25, -0.2) is 0 Å². The molecule has 4 fully saturated rings. The SMILES string of the molecule is COC(=O)CC[C@@H](C)[C@H]1CCC2C3C(C[C@H](O)[C@@]21C)[C@@]1(C)CC[C@H](NCCCN(C)CCCN)C[C@H]1C[C@H]3O. The average Bonchev–Trinajstić information content (AvgIpc) is 3.27. The number of hydrogen-bond donors (Lipinski definition) is 4. The molecule has 0 aromatic heterocycles. The van der Waals surface area contributed by atoms with Gasteiger partial charge in [0.15, 0.2) is 0 Å². The van der Waals surface area contributed by atoms with Gasteiger partial charge in [-0.2, -0.15) is 0 Å². The van der Waals surface area contributed by atoms with Crippen molar-refractivity contribution in [1.29, 1.82) is 0 Å². The topological polar surface area (TPSA) is 108 Å². The van der Waals surface area contributed by atoms with Crippen molar-refractivity contribution in [2.75, 3.05) is 40.3 Å². The van der Waals surface area contributed by atoms with Gasteiger partial charge in [-0.15, -0.1) is 0 Å². The van der Waals surface area contributed by atoms with Crippen LogP contribution in [0.3, 0.4) is 0 Å². The molecule has 4 aliphatic carbocycles. The molecule has 0 saturated heterocycles. The highest BCUT2D eigenvalue weighted by atomic mass is 16.5. The van der Waals surface area contributed by atoms with E-state index in [4.69, 9.17) is 10.5 Å². The highest BCUT2D eigenvalue weighted by molar-refractivity contribution is 5.69. The number of carbonyl (C=O) groups excluding carboxylic acids is 1. The first-order valence-electron chi connectivity index (χ1n) is 16.1. The van der Waals surface area contributed by atoms with Gasteiger partial charge in [-0.05, 0) is 144 Å². The van der Waals surface area contributed by atoms with Gasteiger partial charge in [0, 0.05) is 12.5 Å². The highest BCUT2D eigenvalue weighted by Crippen LogP contribution is 2.68. The first-order chi connectivity index (χ1) is 18.6. The Labute approximate surface area is 238 Å². The highest BCUT2D eigenvalue weighted by Gasteiger charge is 2.65. The van der Waals surface area contributed by atoms with E-state index in [1.807, 2.05) is 0 Å². The van der Waals surface area contributed by atoms with E-state index in [1.165, 1.54) is 20.0 Å². The Kier molecular flexibility index (Phi) is 10.5. The molecule has 4 aliphatic rings. The minimum absolute atomic E-state index is 0.146. The van der Waals surface area contributed by atoms with Crippen LogP contribution in [0.15, 0.2) is 0 Å². The third-order valence-corrected chi connectivity index (χ3v) is 12.5. The number of aliphatic hydroxyl groups excluding tert-OH is 2. The summed E-state index contributed by atoms with van der Waals surface area (Å²) in [5, 5.41) is 27.4. The molecule has 0 bridgehead atoms. The third-order valence-electron chi connectivity index (χ3n) is 12.5. The summed E-state index contributed by atoms with van der Waals surface area (Å²) in [5.74, 6) is 2.14. The van der Waals surface area contributed by atoms with E-state index < -0.39 is 0 Å². The number of esters is 1. The monoisotopic (exact) mass is 549 g/mol. The van der Waals surface area contributed by atoms with Crippen LogP contribution in [0.4, 0.5) is 0 Å². The largest absolute Gasteiger partial charge is 0.469 e. The molecule has 7 heteroatoms. The molecule has 0 amide bonds. The van der Waals surface area contributed by atoms with Crippen LogP contribution >= 0.6 is 0 Å². The van der Waals surface area contributed by atoms with E-state index in [-0.39, 0.29) is 34.9 Å². The van der Waals surface area contributed by atoms with Crippen molar-refractivity contribution in [1.82, 2.24) is 10.2 Å². The number of hydrogen-bond acceptors (Lipinski definition) is 7. The molecule has 0 radical (unpaired) electrons. The third kappa shape index (κ3) is 6.23. The smallest absolute Gasteiger partial charge is 0.305 e. The van der Waals surface area contributed by atoms with E-state index in [2.05, 4.69) is 38.0 Å². The van der Waals surface area contributed by atoms with Gasteiger partial charge >= 0.3 is 5.97 Å². The Balaban J connectivity index is 1.37. The molecular formula is C32H59N3O4.